The van der Waals surface area contributed by atoms with Crippen molar-refractivity contribution in [3.63, 3.8) is 0 Å². The smallest absolute Gasteiger partial charge is 0.248 e. The number of anilines is 1. The summed E-state index contributed by atoms with van der Waals surface area (Å²) in [5.41, 5.74) is 2.26. The number of allylic oxidation sites excluding steroid dienone is 1. The maximum Gasteiger partial charge on any atom is 0.248 e. The van der Waals surface area contributed by atoms with E-state index in [1.165, 1.54) is 12.1 Å². The summed E-state index contributed by atoms with van der Waals surface area (Å²) in [4.78, 5) is 0. The highest BCUT2D eigenvalue weighted by Crippen LogP contribution is 2.38. The van der Waals surface area contributed by atoms with Crippen molar-refractivity contribution in [1.82, 2.24) is 20.2 Å². The van der Waals surface area contributed by atoms with Gasteiger partial charge in [0.25, 0.3) is 0 Å². The molecule has 8 heteroatoms. The molecular formula is C16H10Cl2FN5. The zero-order valence-electron chi connectivity index (χ0n) is 12.1. The largest absolute Gasteiger partial charge is 0.323 e. The highest BCUT2D eigenvalue weighted by molar-refractivity contribution is 6.36. The summed E-state index contributed by atoms with van der Waals surface area (Å²) in [7, 11) is 0. The minimum atomic E-state index is -0.377. The van der Waals surface area contributed by atoms with E-state index in [-0.39, 0.29) is 11.9 Å². The average Bonchev–Trinajstić information content (AvgIpc) is 3.04. The zero-order valence-corrected chi connectivity index (χ0v) is 13.6. The fourth-order valence-corrected chi connectivity index (χ4v) is 3.27. The van der Waals surface area contributed by atoms with E-state index >= 15 is 0 Å². The lowest BCUT2D eigenvalue weighted by atomic mass is 10.0. The molecule has 1 atom stereocenters. The standard InChI is InChI=1S/C16H10Cl2FN5/c17-11-2-1-3-12(18)15(11)14-8-13(9-4-6-10(19)7-5-9)20-16-21-22-23-24(14)16/h1-8,14H,(H,20,21,23). The van der Waals surface area contributed by atoms with Crippen molar-refractivity contribution in [3.05, 3.63) is 75.5 Å². The molecule has 0 spiro atoms. The Hall–Kier alpha value is -2.44. The molecule has 0 saturated heterocycles. The number of aromatic nitrogens is 4. The van der Waals surface area contributed by atoms with E-state index < -0.39 is 0 Å². The Labute approximate surface area is 146 Å². The molecule has 0 radical (unpaired) electrons. The number of halogens is 3. The summed E-state index contributed by atoms with van der Waals surface area (Å²) in [5.74, 6) is 0.156. The van der Waals surface area contributed by atoms with Gasteiger partial charge in [-0.1, -0.05) is 34.4 Å². The topological polar surface area (TPSA) is 55.6 Å². The van der Waals surface area contributed by atoms with Crippen molar-refractivity contribution in [2.24, 2.45) is 0 Å². The summed E-state index contributed by atoms with van der Waals surface area (Å²) in [6.07, 6.45) is 1.91. The minimum absolute atomic E-state index is 0.300. The number of hydrogen-bond donors (Lipinski definition) is 1. The number of hydrogen-bond acceptors (Lipinski definition) is 4. The second-order valence-electron chi connectivity index (χ2n) is 5.24. The second kappa shape index (κ2) is 5.89. The van der Waals surface area contributed by atoms with E-state index in [2.05, 4.69) is 20.8 Å². The van der Waals surface area contributed by atoms with Crippen LogP contribution in [0.25, 0.3) is 5.70 Å². The van der Waals surface area contributed by atoms with Crippen LogP contribution in [0.15, 0.2) is 48.5 Å². The molecule has 0 fully saturated rings. The van der Waals surface area contributed by atoms with Crippen LogP contribution in [0.4, 0.5) is 10.3 Å². The summed E-state index contributed by atoms with van der Waals surface area (Å²) in [6, 6.07) is 11.1. The minimum Gasteiger partial charge on any atom is -0.323 e. The van der Waals surface area contributed by atoms with E-state index in [0.717, 1.165) is 11.3 Å². The molecule has 1 aromatic heterocycles. The van der Waals surface area contributed by atoms with Gasteiger partial charge in [0.1, 0.15) is 11.9 Å². The molecule has 0 saturated carbocycles. The lowest BCUT2D eigenvalue weighted by Gasteiger charge is -2.24. The molecule has 1 N–H and O–H groups in total. The molecule has 0 bridgehead atoms. The molecule has 3 aromatic rings. The maximum atomic E-state index is 13.2. The van der Waals surface area contributed by atoms with E-state index in [1.54, 1.807) is 35.0 Å². The van der Waals surface area contributed by atoms with Crippen LogP contribution < -0.4 is 5.32 Å². The summed E-state index contributed by atoms with van der Waals surface area (Å²) < 4.78 is 14.8. The Kier molecular flexibility index (Phi) is 3.70. The summed E-state index contributed by atoms with van der Waals surface area (Å²) in [5, 5.41) is 15.9. The molecule has 2 aromatic carbocycles. The van der Waals surface area contributed by atoms with Crippen LogP contribution in [0.5, 0.6) is 0 Å². The van der Waals surface area contributed by atoms with Crippen LogP contribution in [0.1, 0.15) is 17.2 Å². The van der Waals surface area contributed by atoms with Gasteiger partial charge in [-0.2, -0.15) is 4.68 Å². The van der Waals surface area contributed by atoms with Crippen molar-refractivity contribution in [2.45, 2.75) is 6.04 Å². The average molecular weight is 362 g/mol. The first-order valence-electron chi connectivity index (χ1n) is 7.10. The van der Waals surface area contributed by atoms with Crippen molar-refractivity contribution >= 4 is 34.8 Å². The number of tetrazole rings is 1. The number of nitrogens with zero attached hydrogens (tertiary/aromatic N) is 4. The number of nitrogens with one attached hydrogen (secondary N) is 1. The summed E-state index contributed by atoms with van der Waals surface area (Å²) in [6.45, 7) is 0. The lowest BCUT2D eigenvalue weighted by molar-refractivity contribution is 0.586. The molecule has 0 amide bonds. The van der Waals surface area contributed by atoms with Crippen molar-refractivity contribution < 1.29 is 4.39 Å². The van der Waals surface area contributed by atoms with Crippen molar-refractivity contribution in [3.8, 4) is 0 Å². The first-order chi connectivity index (χ1) is 11.6. The van der Waals surface area contributed by atoms with Crippen LogP contribution in [0.3, 0.4) is 0 Å². The highest BCUT2D eigenvalue weighted by atomic mass is 35.5. The Morgan fingerprint density at radius 3 is 2.46 bits per heavy atom. The zero-order chi connectivity index (χ0) is 16.7. The molecule has 1 unspecified atom stereocenters. The third-order valence-electron chi connectivity index (χ3n) is 3.78. The molecule has 1 aliphatic heterocycles. The normalized spacial score (nSPS) is 16.3. The van der Waals surface area contributed by atoms with Crippen LogP contribution >= 0.6 is 23.2 Å². The summed E-state index contributed by atoms with van der Waals surface area (Å²) >= 11 is 12.7. The van der Waals surface area contributed by atoms with Gasteiger partial charge in [0.05, 0.1) is 0 Å². The van der Waals surface area contributed by atoms with Gasteiger partial charge in [-0.15, -0.1) is 0 Å². The Morgan fingerprint density at radius 1 is 1.04 bits per heavy atom. The molecule has 1 aliphatic rings. The predicted octanol–water partition coefficient (Wildman–Crippen LogP) is 4.18. The van der Waals surface area contributed by atoms with Gasteiger partial charge < -0.3 is 5.32 Å². The van der Waals surface area contributed by atoms with E-state index in [0.29, 0.717) is 21.6 Å². The lowest BCUT2D eigenvalue weighted by Crippen LogP contribution is -2.20. The molecule has 120 valence electrons. The van der Waals surface area contributed by atoms with Crippen LogP contribution in [-0.4, -0.2) is 20.2 Å². The molecule has 0 aliphatic carbocycles. The molecule has 4 rings (SSSR count). The molecule has 24 heavy (non-hydrogen) atoms. The third kappa shape index (κ3) is 2.53. The van der Waals surface area contributed by atoms with Gasteiger partial charge in [0.2, 0.25) is 5.95 Å². The van der Waals surface area contributed by atoms with Gasteiger partial charge in [-0.3, -0.25) is 0 Å². The van der Waals surface area contributed by atoms with E-state index in [9.17, 15) is 4.39 Å². The maximum absolute atomic E-state index is 13.2. The fourth-order valence-electron chi connectivity index (χ4n) is 2.65. The quantitative estimate of drug-likeness (QED) is 0.743. The Balaban J connectivity index is 1.87. The van der Waals surface area contributed by atoms with Gasteiger partial charge in [0, 0.05) is 21.3 Å². The van der Waals surface area contributed by atoms with E-state index in [1.807, 2.05) is 6.08 Å². The SMILES string of the molecule is Fc1ccc(C2=CC(c3c(Cl)cccc3Cl)n3nnnc3N2)cc1. The fraction of sp³-hybridized carbons (Fsp3) is 0.0625. The van der Waals surface area contributed by atoms with Gasteiger partial charge >= 0.3 is 0 Å². The Morgan fingerprint density at radius 2 is 1.75 bits per heavy atom. The molecule has 2 heterocycles. The van der Waals surface area contributed by atoms with Crippen molar-refractivity contribution in [1.29, 1.82) is 0 Å². The van der Waals surface area contributed by atoms with E-state index in [4.69, 9.17) is 23.2 Å². The third-order valence-corrected chi connectivity index (χ3v) is 4.44. The van der Waals surface area contributed by atoms with Gasteiger partial charge in [0.15, 0.2) is 0 Å². The Bertz CT molecular complexity index is 916. The molecular weight excluding hydrogens is 352 g/mol. The van der Waals surface area contributed by atoms with Crippen LogP contribution in [0, 0.1) is 5.82 Å². The van der Waals surface area contributed by atoms with Gasteiger partial charge in [-0.05, 0) is 58.5 Å². The number of fused-ring (bicyclic) bond motifs is 1. The van der Waals surface area contributed by atoms with Crippen LogP contribution in [0.2, 0.25) is 10.0 Å². The predicted molar refractivity (Wildman–Crippen MR) is 90.4 cm³/mol. The first kappa shape index (κ1) is 15.1. The second-order valence-corrected chi connectivity index (χ2v) is 6.05. The number of benzene rings is 2. The molecule has 5 nitrogen and oxygen atoms in total. The monoisotopic (exact) mass is 361 g/mol. The first-order valence-corrected chi connectivity index (χ1v) is 7.85. The van der Waals surface area contributed by atoms with Gasteiger partial charge in [-0.25, -0.2) is 4.39 Å². The number of rotatable bonds is 2. The van der Waals surface area contributed by atoms with Crippen LogP contribution in [-0.2, 0) is 0 Å². The highest BCUT2D eigenvalue weighted by Gasteiger charge is 2.27. The van der Waals surface area contributed by atoms with Crippen molar-refractivity contribution in [2.75, 3.05) is 5.32 Å².